The van der Waals surface area contributed by atoms with E-state index < -0.39 is 5.95 Å². The van der Waals surface area contributed by atoms with E-state index in [9.17, 15) is 9.18 Å². The van der Waals surface area contributed by atoms with Crippen molar-refractivity contribution in [3.05, 3.63) is 54.4 Å². The van der Waals surface area contributed by atoms with Gasteiger partial charge in [0.1, 0.15) is 5.69 Å². The number of Topliss-reactive ketones (excluding diaryl/α,β-unsaturated/α-hetero) is 1. The molecule has 0 amide bonds. The van der Waals surface area contributed by atoms with Crippen LogP contribution in [0, 0.1) is 5.95 Å². The van der Waals surface area contributed by atoms with E-state index in [0.717, 1.165) is 5.52 Å². The van der Waals surface area contributed by atoms with Crippen LogP contribution in [0.5, 0.6) is 0 Å². The summed E-state index contributed by atoms with van der Waals surface area (Å²) in [7, 11) is 0. The van der Waals surface area contributed by atoms with Crippen molar-refractivity contribution >= 4 is 27.2 Å². The predicted molar refractivity (Wildman–Crippen MR) is 76.5 cm³/mol. The minimum Gasteiger partial charge on any atom is -0.291 e. The van der Waals surface area contributed by atoms with Crippen molar-refractivity contribution < 1.29 is 9.18 Å². The monoisotopic (exact) mass is 333 g/mol. The van der Waals surface area contributed by atoms with Crippen molar-refractivity contribution in [2.75, 3.05) is 5.33 Å². The molecule has 0 aromatic carbocycles. The highest BCUT2D eigenvalue weighted by atomic mass is 79.9. The Morgan fingerprint density at radius 3 is 2.95 bits per heavy atom. The van der Waals surface area contributed by atoms with Gasteiger partial charge in [-0.05, 0) is 23.8 Å². The Bertz CT molecular complexity index is 800. The molecule has 6 heteroatoms. The number of rotatable bonds is 3. The van der Waals surface area contributed by atoms with Crippen molar-refractivity contribution in [1.82, 2.24) is 14.6 Å². The van der Waals surface area contributed by atoms with Crippen LogP contribution in [-0.2, 0) is 0 Å². The average Bonchev–Trinajstić information content (AvgIpc) is 2.85. The highest BCUT2D eigenvalue weighted by Crippen LogP contribution is 2.29. The molecule has 3 aromatic rings. The first-order chi connectivity index (χ1) is 9.70. The number of aromatic nitrogens is 3. The van der Waals surface area contributed by atoms with Crippen LogP contribution < -0.4 is 0 Å². The van der Waals surface area contributed by atoms with Crippen LogP contribution in [0.4, 0.5) is 4.39 Å². The first-order valence-corrected chi connectivity index (χ1v) is 7.01. The number of ketones is 1. The van der Waals surface area contributed by atoms with Gasteiger partial charge in [-0.3, -0.25) is 4.79 Å². The van der Waals surface area contributed by atoms with E-state index in [1.807, 2.05) is 18.2 Å². The van der Waals surface area contributed by atoms with E-state index >= 15 is 0 Å². The quantitative estimate of drug-likeness (QED) is 0.420. The van der Waals surface area contributed by atoms with E-state index in [0.29, 0.717) is 16.8 Å². The molecule has 3 rings (SSSR count). The summed E-state index contributed by atoms with van der Waals surface area (Å²) in [5, 5.41) is 4.45. The van der Waals surface area contributed by atoms with Gasteiger partial charge in [0, 0.05) is 24.0 Å². The first-order valence-electron chi connectivity index (χ1n) is 5.89. The van der Waals surface area contributed by atoms with Crippen molar-refractivity contribution in [2.45, 2.75) is 0 Å². The molecule has 3 heterocycles. The molecule has 0 radical (unpaired) electrons. The highest BCUT2D eigenvalue weighted by molar-refractivity contribution is 9.09. The van der Waals surface area contributed by atoms with Crippen molar-refractivity contribution in [3.8, 4) is 11.1 Å². The fraction of sp³-hybridized carbons (Fsp3) is 0.0714. The minimum absolute atomic E-state index is 0.152. The standard InChI is InChI=1S/C14H9BrFN3O/c15-8-11(20)14-13(9-4-5-17-12(16)7-9)10-3-1-2-6-19(10)18-14/h1-7H,8H2. The van der Waals surface area contributed by atoms with Crippen LogP contribution in [0.15, 0.2) is 42.7 Å². The minimum atomic E-state index is -0.588. The van der Waals surface area contributed by atoms with Gasteiger partial charge in [0.2, 0.25) is 5.95 Å². The van der Waals surface area contributed by atoms with Gasteiger partial charge in [0.25, 0.3) is 0 Å². The summed E-state index contributed by atoms with van der Waals surface area (Å²) >= 11 is 3.14. The summed E-state index contributed by atoms with van der Waals surface area (Å²) in [6, 6.07) is 8.47. The Morgan fingerprint density at radius 1 is 1.35 bits per heavy atom. The van der Waals surface area contributed by atoms with Gasteiger partial charge >= 0.3 is 0 Å². The maximum Gasteiger partial charge on any atom is 0.213 e. The molecule has 0 saturated heterocycles. The lowest BCUT2D eigenvalue weighted by Gasteiger charge is -2.01. The Labute approximate surface area is 122 Å². The Kier molecular flexibility index (Phi) is 3.31. The molecule has 3 aromatic heterocycles. The van der Waals surface area contributed by atoms with Crippen LogP contribution in [-0.4, -0.2) is 25.7 Å². The lowest BCUT2D eigenvalue weighted by molar-refractivity contribution is 0.101. The lowest BCUT2D eigenvalue weighted by atomic mass is 10.0. The summed E-state index contributed by atoms with van der Waals surface area (Å²) in [5.74, 6) is -0.740. The fourth-order valence-corrected chi connectivity index (χ4v) is 2.37. The maximum atomic E-state index is 13.3. The van der Waals surface area contributed by atoms with Crippen LogP contribution in [0.3, 0.4) is 0 Å². The third-order valence-electron chi connectivity index (χ3n) is 2.94. The third-order valence-corrected chi connectivity index (χ3v) is 3.45. The van der Waals surface area contributed by atoms with Gasteiger partial charge in [-0.15, -0.1) is 0 Å². The van der Waals surface area contributed by atoms with Crippen molar-refractivity contribution in [2.24, 2.45) is 0 Å². The molecule has 0 unspecified atom stereocenters. The second-order valence-corrected chi connectivity index (χ2v) is 4.74. The van der Waals surface area contributed by atoms with Gasteiger partial charge in [0.15, 0.2) is 5.78 Å². The van der Waals surface area contributed by atoms with Crippen molar-refractivity contribution in [3.63, 3.8) is 0 Å². The van der Waals surface area contributed by atoms with Crippen LogP contribution in [0.2, 0.25) is 0 Å². The largest absolute Gasteiger partial charge is 0.291 e. The Hall–Kier alpha value is -2.08. The van der Waals surface area contributed by atoms with Gasteiger partial charge < -0.3 is 0 Å². The summed E-state index contributed by atoms with van der Waals surface area (Å²) in [6.45, 7) is 0. The van der Waals surface area contributed by atoms with Gasteiger partial charge in [0.05, 0.1) is 10.8 Å². The molecule has 0 aliphatic rings. The number of alkyl halides is 1. The second-order valence-electron chi connectivity index (χ2n) is 4.18. The smallest absolute Gasteiger partial charge is 0.213 e. The molecule has 4 nitrogen and oxygen atoms in total. The Morgan fingerprint density at radius 2 is 2.20 bits per heavy atom. The van der Waals surface area contributed by atoms with Crippen LogP contribution in [0.1, 0.15) is 10.5 Å². The number of hydrogen-bond donors (Lipinski definition) is 0. The van der Waals surface area contributed by atoms with Crippen molar-refractivity contribution in [1.29, 1.82) is 0 Å². The Balaban J connectivity index is 2.34. The average molecular weight is 334 g/mol. The van der Waals surface area contributed by atoms with Crippen LogP contribution in [0.25, 0.3) is 16.6 Å². The number of carbonyl (C=O) groups is 1. The van der Waals surface area contributed by atoms with Gasteiger partial charge in [-0.2, -0.15) is 9.49 Å². The summed E-state index contributed by atoms with van der Waals surface area (Å²) in [5.41, 5.74) is 2.28. The number of nitrogens with zero attached hydrogens (tertiary/aromatic N) is 3. The number of carbonyl (C=O) groups excluding carboxylic acids is 1. The number of hydrogen-bond acceptors (Lipinski definition) is 3. The predicted octanol–water partition coefficient (Wildman–Crippen LogP) is 3.11. The topological polar surface area (TPSA) is 47.3 Å². The molecular weight excluding hydrogens is 325 g/mol. The fourth-order valence-electron chi connectivity index (χ4n) is 2.10. The zero-order chi connectivity index (χ0) is 14.1. The molecule has 0 aliphatic carbocycles. The molecule has 0 aliphatic heterocycles. The molecule has 0 spiro atoms. The molecular formula is C14H9BrFN3O. The van der Waals surface area contributed by atoms with E-state index in [2.05, 4.69) is 26.0 Å². The summed E-state index contributed by atoms with van der Waals surface area (Å²) in [4.78, 5) is 15.6. The van der Waals surface area contributed by atoms with Gasteiger partial charge in [-0.25, -0.2) is 9.50 Å². The molecule has 0 N–H and O–H groups in total. The maximum absolute atomic E-state index is 13.3. The molecule has 20 heavy (non-hydrogen) atoms. The summed E-state index contributed by atoms with van der Waals surface area (Å²) < 4.78 is 15.0. The normalized spacial score (nSPS) is 10.9. The molecule has 0 saturated carbocycles. The van der Waals surface area contributed by atoms with Crippen LogP contribution >= 0.6 is 15.9 Å². The SMILES string of the molecule is O=C(CBr)c1nn2ccccc2c1-c1ccnc(F)c1. The molecule has 0 atom stereocenters. The zero-order valence-electron chi connectivity index (χ0n) is 10.3. The van der Waals surface area contributed by atoms with E-state index in [1.165, 1.54) is 12.3 Å². The molecule has 100 valence electrons. The van der Waals surface area contributed by atoms with E-state index in [1.54, 1.807) is 16.8 Å². The number of pyridine rings is 2. The third kappa shape index (κ3) is 2.12. The number of fused-ring (bicyclic) bond motifs is 1. The van der Waals surface area contributed by atoms with E-state index in [4.69, 9.17) is 0 Å². The first kappa shape index (κ1) is 12.9. The highest BCUT2D eigenvalue weighted by Gasteiger charge is 2.19. The number of halogens is 2. The van der Waals surface area contributed by atoms with E-state index in [-0.39, 0.29) is 11.1 Å². The molecule has 0 fully saturated rings. The lowest BCUT2D eigenvalue weighted by Crippen LogP contribution is -2.03. The summed E-state index contributed by atoms with van der Waals surface area (Å²) in [6.07, 6.45) is 3.13. The second kappa shape index (κ2) is 5.13. The zero-order valence-corrected chi connectivity index (χ0v) is 11.8. The molecule has 0 bridgehead atoms. The van der Waals surface area contributed by atoms with Gasteiger partial charge in [-0.1, -0.05) is 22.0 Å².